The Morgan fingerprint density at radius 3 is 2.55 bits per heavy atom. The third-order valence-corrected chi connectivity index (χ3v) is 1.20. The van der Waals surface area contributed by atoms with Crippen molar-refractivity contribution in [3.63, 3.8) is 0 Å². The summed E-state index contributed by atoms with van der Waals surface area (Å²) < 4.78 is 0. The second kappa shape index (κ2) is 4.79. The summed E-state index contributed by atoms with van der Waals surface area (Å²) in [4.78, 5) is 20.7. The number of aliphatic hydroxyl groups is 1. The Labute approximate surface area is 64.8 Å². The molecule has 0 bridgehead atoms. The van der Waals surface area contributed by atoms with Crippen molar-refractivity contribution in [1.29, 1.82) is 0 Å². The normalized spacial score (nSPS) is 15.2. The highest BCUT2D eigenvalue weighted by Crippen LogP contribution is 1.92. The van der Waals surface area contributed by atoms with Crippen LogP contribution in [0.15, 0.2) is 5.18 Å². The molecular formula is C6H12N2O3. The molecule has 0 aromatic heterocycles. The fourth-order valence-electron chi connectivity index (χ4n) is 0.488. The van der Waals surface area contributed by atoms with E-state index in [-0.39, 0.29) is 0 Å². The first-order valence-electron chi connectivity index (χ1n) is 3.42. The van der Waals surface area contributed by atoms with Crippen LogP contribution in [0.4, 0.5) is 0 Å². The van der Waals surface area contributed by atoms with Gasteiger partial charge in [0.2, 0.25) is 5.91 Å². The summed E-state index contributed by atoms with van der Waals surface area (Å²) in [6.07, 6.45) is -1.38. The number of nitrogens with one attached hydrogen (secondary N) is 1. The summed E-state index contributed by atoms with van der Waals surface area (Å²) in [6.45, 7) is 3.04. The summed E-state index contributed by atoms with van der Waals surface area (Å²) in [5.74, 6) is -0.573. The van der Waals surface area contributed by atoms with Gasteiger partial charge in [0, 0.05) is 0 Å². The number of nitroso groups, excluding NO2 is 1. The van der Waals surface area contributed by atoms with E-state index >= 15 is 0 Å². The molecule has 1 amide bonds. The molecule has 0 aromatic rings. The van der Waals surface area contributed by atoms with Crippen molar-refractivity contribution in [2.45, 2.75) is 32.5 Å². The standard InChI is InChI=1S/C6H12N2O3/c1-3-5(8-11)7-6(10)4(2)9/h4-5,9H,3H2,1-2H3,(H,7,10). The number of amides is 1. The van der Waals surface area contributed by atoms with Gasteiger partial charge >= 0.3 is 0 Å². The van der Waals surface area contributed by atoms with Crippen molar-refractivity contribution >= 4 is 5.91 Å². The highest BCUT2D eigenvalue weighted by atomic mass is 16.3. The zero-order valence-electron chi connectivity index (χ0n) is 6.57. The molecule has 0 rings (SSSR count). The molecule has 0 spiro atoms. The van der Waals surface area contributed by atoms with E-state index in [1.54, 1.807) is 6.92 Å². The molecule has 0 saturated carbocycles. The molecule has 5 nitrogen and oxygen atoms in total. The summed E-state index contributed by atoms with van der Waals surface area (Å²) in [5, 5.41) is 13.6. The number of aliphatic hydroxyl groups excluding tert-OH is 1. The van der Waals surface area contributed by atoms with Crippen molar-refractivity contribution in [3.8, 4) is 0 Å². The van der Waals surface area contributed by atoms with E-state index in [0.717, 1.165) is 0 Å². The van der Waals surface area contributed by atoms with E-state index in [0.29, 0.717) is 6.42 Å². The van der Waals surface area contributed by atoms with E-state index in [1.165, 1.54) is 6.92 Å². The molecule has 5 heteroatoms. The molecule has 0 heterocycles. The van der Waals surface area contributed by atoms with Crippen molar-refractivity contribution in [2.24, 2.45) is 5.18 Å². The minimum atomic E-state index is -1.09. The maximum atomic E-state index is 10.7. The minimum absolute atomic E-state index is 0.433. The molecule has 0 aliphatic carbocycles. The van der Waals surface area contributed by atoms with Crippen LogP contribution in [0.3, 0.4) is 0 Å². The lowest BCUT2D eigenvalue weighted by Gasteiger charge is -2.09. The number of rotatable bonds is 4. The first kappa shape index (κ1) is 10.0. The average molecular weight is 160 g/mol. The first-order valence-corrected chi connectivity index (χ1v) is 3.42. The molecule has 64 valence electrons. The lowest BCUT2D eigenvalue weighted by molar-refractivity contribution is -0.129. The summed E-state index contributed by atoms with van der Waals surface area (Å²) in [6, 6.07) is 0. The molecule has 0 fully saturated rings. The van der Waals surface area contributed by atoms with Crippen LogP contribution >= 0.6 is 0 Å². The predicted octanol–water partition coefficient (Wildman–Crippen LogP) is -0.0141. The Bertz CT molecular complexity index is 147. The summed E-state index contributed by atoms with van der Waals surface area (Å²) >= 11 is 0. The van der Waals surface area contributed by atoms with Gasteiger partial charge in [0.25, 0.3) is 0 Å². The lowest BCUT2D eigenvalue weighted by atomic mass is 10.3. The maximum Gasteiger partial charge on any atom is 0.250 e. The fourth-order valence-corrected chi connectivity index (χ4v) is 0.488. The maximum absolute atomic E-state index is 10.7. The number of nitrogens with zero attached hydrogens (tertiary/aromatic N) is 1. The Balaban J connectivity index is 3.81. The first-order chi connectivity index (χ1) is 5.11. The third kappa shape index (κ3) is 3.67. The molecular weight excluding hydrogens is 148 g/mol. The SMILES string of the molecule is CCC(N=O)NC(=O)C(C)O. The van der Waals surface area contributed by atoms with Crippen LogP contribution in [0.1, 0.15) is 20.3 Å². The molecule has 0 saturated heterocycles. The molecule has 2 unspecified atom stereocenters. The van der Waals surface area contributed by atoms with Crippen molar-refractivity contribution in [2.75, 3.05) is 0 Å². The Hall–Kier alpha value is -0.970. The van der Waals surface area contributed by atoms with Crippen LogP contribution in [-0.4, -0.2) is 23.3 Å². The van der Waals surface area contributed by atoms with Gasteiger partial charge in [0.05, 0.1) is 0 Å². The second-order valence-corrected chi connectivity index (χ2v) is 2.21. The van der Waals surface area contributed by atoms with Gasteiger partial charge in [-0.1, -0.05) is 6.92 Å². The topological polar surface area (TPSA) is 78.8 Å². The van der Waals surface area contributed by atoms with Crippen molar-refractivity contribution < 1.29 is 9.90 Å². The quantitative estimate of drug-likeness (QED) is 0.567. The largest absolute Gasteiger partial charge is 0.384 e. The molecule has 0 radical (unpaired) electrons. The summed E-state index contributed by atoms with van der Waals surface area (Å²) in [5.41, 5.74) is 0. The van der Waals surface area contributed by atoms with E-state index in [1.807, 2.05) is 0 Å². The number of carbonyl (C=O) groups is 1. The molecule has 0 aromatic carbocycles. The number of hydrogen-bond acceptors (Lipinski definition) is 4. The van der Waals surface area contributed by atoms with Crippen LogP contribution in [-0.2, 0) is 4.79 Å². The van der Waals surface area contributed by atoms with Crippen LogP contribution in [0, 0.1) is 4.91 Å². The summed E-state index contributed by atoms with van der Waals surface area (Å²) in [7, 11) is 0. The average Bonchev–Trinajstić information content (AvgIpc) is 1.99. The highest BCUT2D eigenvalue weighted by molar-refractivity contribution is 5.80. The van der Waals surface area contributed by atoms with Crippen molar-refractivity contribution in [1.82, 2.24) is 5.32 Å². The van der Waals surface area contributed by atoms with Crippen LogP contribution in [0.5, 0.6) is 0 Å². The molecule has 11 heavy (non-hydrogen) atoms. The smallest absolute Gasteiger partial charge is 0.250 e. The molecule has 0 aliphatic rings. The predicted molar refractivity (Wildman–Crippen MR) is 39.7 cm³/mol. The van der Waals surface area contributed by atoms with E-state index in [9.17, 15) is 9.70 Å². The van der Waals surface area contributed by atoms with E-state index in [4.69, 9.17) is 5.11 Å². The highest BCUT2D eigenvalue weighted by Gasteiger charge is 2.13. The van der Waals surface area contributed by atoms with E-state index < -0.39 is 18.2 Å². The van der Waals surface area contributed by atoms with E-state index in [2.05, 4.69) is 10.5 Å². The fraction of sp³-hybridized carbons (Fsp3) is 0.833. The van der Waals surface area contributed by atoms with Gasteiger partial charge < -0.3 is 10.4 Å². The Morgan fingerprint density at radius 2 is 2.27 bits per heavy atom. The Kier molecular flexibility index (Phi) is 4.36. The van der Waals surface area contributed by atoms with Gasteiger partial charge in [-0.3, -0.25) is 4.79 Å². The molecule has 2 atom stereocenters. The van der Waals surface area contributed by atoms with Crippen LogP contribution < -0.4 is 5.32 Å². The molecule has 0 aliphatic heterocycles. The zero-order valence-corrected chi connectivity index (χ0v) is 6.57. The lowest BCUT2D eigenvalue weighted by Crippen LogP contribution is -2.38. The second-order valence-electron chi connectivity index (χ2n) is 2.21. The third-order valence-electron chi connectivity index (χ3n) is 1.20. The van der Waals surface area contributed by atoms with Gasteiger partial charge in [-0.2, -0.15) is 0 Å². The minimum Gasteiger partial charge on any atom is -0.384 e. The van der Waals surface area contributed by atoms with Crippen LogP contribution in [0.25, 0.3) is 0 Å². The van der Waals surface area contributed by atoms with Gasteiger partial charge in [-0.25, -0.2) is 0 Å². The Morgan fingerprint density at radius 1 is 1.73 bits per heavy atom. The monoisotopic (exact) mass is 160 g/mol. The van der Waals surface area contributed by atoms with Gasteiger partial charge in [0.1, 0.15) is 6.10 Å². The molecule has 2 N–H and O–H groups in total. The zero-order chi connectivity index (χ0) is 8.85. The van der Waals surface area contributed by atoms with Gasteiger partial charge in [-0.15, -0.1) is 4.91 Å². The number of carbonyl (C=O) groups excluding carboxylic acids is 1. The van der Waals surface area contributed by atoms with Gasteiger partial charge in [-0.05, 0) is 18.5 Å². The van der Waals surface area contributed by atoms with Gasteiger partial charge in [0.15, 0.2) is 6.17 Å². The number of hydrogen-bond donors (Lipinski definition) is 2. The van der Waals surface area contributed by atoms with Crippen molar-refractivity contribution in [3.05, 3.63) is 4.91 Å². The van der Waals surface area contributed by atoms with Crippen LogP contribution in [0.2, 0.25) is 0 Å².